The summed E-state index contributed by atoms with van der Waals surface area (Å²) >= 11 is 0. The van der Waals surface area contributed by atoms with Crippen LogP contribution in [0.1, 0.15) is 45.7 Å². The van der Waals surface area contributed by atoms with Crippen LogP contribution in [0.25, 0.3) is 11.1 Å². The molecule has 0 bridgehead atoms. The topological polar surface area (TPSA) is 47.3 Å². The molecular weight excluding hydrogens is 403 g/mol. The van der Waals surface area contributed by atoms with Gasteiger partial charge in [0.2, 0.25) is 0 Å². The summed E-state index contributed by atoms with van der Waals surface area (Å²) in [6, 6.07) is 16.1. The minimum Gasteiger partial charge on any atom is -0.457 e. The Hall–Kier alpha value is -3.14. The summed E-state index contributed by atoms with van der Waals surface area (Å²) in [6.07, 6.45) is 7.50. The lowest BCUT2D eigenvalue weighted by molar-refractivity contribution is 0.295. The molecule has 4 heteroatoms. The lowest BCUT2D eigenvalue weighted by Crippen LogP contribution is -2.40. The lowest BCUT2D eigenvalue weighted by atomic mass is 9.52. The van der Waals surface area contributed by atoms with Crippen molar-refractivity contribution in [3.8, 4) is 11.1 Å². The Balaban J connectivity index is 1.69. The Kier molecular flexibility index (Phi) is 4.01. The van der Waals surface area contributed by atoms with Gasteiger partial charge in [-0.05, 0) is 53.1 Å². The first kappa shape index (κ1) is 20.5. The Labute approximate surface area is 197 Å². The van der Waals surface area contributed by atoms with Gasteiger partial charge in [0.15, 0.2) is 6.71 Å². The molecular formula is C29H31BN2O. The van der Waals surface area contributed by atoms with Crippen LogP contribution in [0.15, 0.2) is 89.7 Å². The molecule has 6 rings (SSSR count). The Morgan fingerprint density at radius 1 is 1.00 bits per heavy atom. The molecule has 3 aliphatic heterocycles. The zero-order valence-electron chi connectivity index (χ0n) is 20.1. The fourth-order valence-corrected chi connectivity index (χ4v) is 6.98. The third-order valence-corrected chi connectivity index (χ3v) is 9.20. The first-order valence-corrected chi connectivity index (χ1v) is 11.9. The molecule has 0 aromatic heterocycles. The molecule has 1 aliphatic carbocycles. The maximum absolute atomic E-state index is 6.38. The normalized spacial score (nSPS) is 25.7. The van der Waals surface area contributed by atoms with Crippen LogP contribution in [0.2, 0.25) is 10.6 Å². The van der Waals surface area contributed by atoms with Crippen molar-refractivity contribution in [3.05, 3.63) is 101 Å². The van der Waals surface area contributed by atoms with Crippen molar-refractivity contribution < 1.29 is 4.74 Å². The zero-order chi connectivity index (χ0) is 23.2. The summed E-state index contributed by atoms with van der Waals surface area (Å²) in [5.74, 6) is 1.76. The van der Waals surface area contributed by atoms with Crippen LogP contribution in [0.5, 0.6) is 0 Å². The van der Waals surface area contributed by atoms with E-state index in [9.17, 15) is 0 Å². The van der Waals surface area contributed by atoms with Crippen LogP contribution in [0, 0.1) is 0 Å². The average Bonchev–Trinajstić information content (AvgIpc) is 3.07. The molecule has 1 atom stereocenters. The highest BCUT2D eigenvalue weighted by molar-refractivity contribution is 6.89. The van der Waals surface area contributed by atoms with E-state index in [1.54, 1.807) is 6.20 Å². The van der Waals surface area contributed by atoms with Crippen molar-refractivity contribution in [2.45, 2.75) is 50.7 Å². The molecule has 3 nitrogen and oxygen atoms in total. The number of rotatable bonds is 2. The SMILES string of the molecule is CC1=C(/C=C\N)OC2=C(CNC=C2)C12c1ccccc1-c1ccc(B3C(C)(C)C3(C)C)cc12. The predicted molar refractivity (Wildman–Crippen MR) is 137 cm³/mol. The molecule has 0 radical (unpaired) electrons. The molecule has 0 saturated carbocycles. The summed E-state index contributed by atoms with van der Waals surface area (Å²) < 4.78 is 6.38. The molecule has 1 unspecified atom stereocenters. The average molecular weight is 434 g/mol. The molecule has 4 aliphatic rings. The van der Waals surface area contributed by atoms with Crippen molar-refractivity contribution in [1.82, 2.24) is 5.32 Å². The van der Waals surface area contributed by atoms with Crippen molar-refractivity contribution in [1.29, 1.82) is 0 Å². The van der Waals surface area contributed by atoms with Gasteiger partial charge in [-0.15, -0.1) is 0 Å². The molecule has 1 saturated heterocycles. The van der Waals surface area contributed by atoms with Crippen molar-refractivity contribution in [2.75, 3.05) is 6.54 Å². The third kappa shape index (κ3) is 2.36. The highest BCUT2D eigenvalue weighted by Gasteiger charge is 2.68. The molecule has 1 fully saturated rings. The van der Waals surface area contributed by atoms with Gasteiger partial charge in [0.05, 0.1) is 5.41 Å². The highest BCUT2D eigenvalue weighted by atomic mass is 16.5. The Morgan fingerprint density at radius 3 is 2.45 bits per heavy atom. The van der Waals surface area contributed by atoms with Gasteiger partial charge in [0.1, 0.15) is 11.5 Å². The number of benzene rings is 2. The van der Waals surface area contributed by atoms with Gasteiger partial charge < -0.3 is 15.8 Å². The van der Waals surface area contributed by atoms with E-state index < -0.39 is 0 Å². The van der Waals surface area contributed by atoms with Gasteiger partial charge in [0.25, 0.3) is 0 Å². The van der Waals surface area contributed by atoms with Gasteiger partial charge >= 0.3 is 0 Å². The number of fused-ring (bicyclic) bond motifs is 6. The minimum absolute atomic E-state index is 0.285. The van der Waals surface area contributed by atoms with Crippen LogP contribution >= 0.6 is 0 Å². The summed E-state index contributed by atoms with van der Waals surface area (Å²) in [5, 5.41) is 4.03. The van der Waals surface area contributed by atoms with Crippen molar-refractivity contribution >= 4 is 12.2 Å². The molecule has 166 valence electrons. The fraction of sp³-hybridized carbons (Fsp3) is 0.310. The van der Waals surface area contributed by atoms with Gasteiger partial charge in [-0.1, -0.05) is 86.3 Å². The van der Waals surface area contributed by atoms with E-state index in [0.29, 0.717) is 6.71 Å². The van der Waals surface area contributed by atoms with E-state index >= 15 is 0 Å². The van der Waals surface area contributed by atoms with E-state index in [1.807, 2.05) is 12.3 Å². The maximum atomic E-state index is 6.38. The Bertz CT molecular complexity index is 1310. The minimum atomic E-state index is -0.370. The standard InChI is InChI=1S/C29H31BN2O/c1-18-25(12-14-31)33-26-13-15-32-17-24(26)29(18)22-9-7-6-8-20(22)21-11-10-19(16-23(21)29)30-27(2,3)28(30,4)5/h6-16,32H,17,31H2,1-5H3/b14-12-. The number of allylic oxidation sites excluding steroid dienone is 3. The van der Waals surface area contributed by atoms with Gasteiger partial charge in [-0.2, -0.15) is 0 Å². The zero-order valence-corrected chi connectivity index (χ0v) is 20.1. The van der Waals surface area contributed by atoms with E-state index in [2.05, 4.69) is 88.5 Å². The van der Waals surface area contributed by atoms with Crippen LogP contribution in [-0.4, -0.2) is 13.3 Å². The second-order valence-corrected chi connectivity index (χ2v) is 11.0. The van der Waals surface area contributed by atoms with Crippen LogP contribution in [0.3, 0.4) is 0 Å². The third-order valence-electron chi connectivity index (χ3n) is 9.20. The molecule has 3 N–H and O–H groups in total. The highest BCUT2D eigenvalue weighted by Crippen LogP contribution is 2.73. The second-order valence-electron chi connectivity index (χ2n) is 11.0. The molecule has 3 heterocycles. The van der Waals surface area contributed by atoms with Crippen molar-refractivity contribution in [3.63, 3.8) is 0 Å². The van der Waals surface area contributed by atoms with Gasteiger partial charge in [-0.3, -0.25) is 0 Å². The number of ether oxygens (including phenoxy) is 1. The maximum Gasteiger partial charge on any atom is 0.187 e. The van der Waals surface area contributed by atoms with Crippen molar-refractivity contribution in [2.24, 2.45) is 5.73 Å². The largest absolute Gasteiger partial charge is 0.457 e. The van der Waals surface area contributed by atoms with E-state index in [1.165, 1.54) is 38.9 Å². The number of nitrogens with one attached hydrogen (secondary N) is 1. The summed E-state index contributed by atoms with van der Waals surface area (Å²) in [6.45, 7) is 13.1. The molecule has 0 amide bonds. The Morgan fingerprint density at radius 2 is 1.73 bits per heavy atom. The number of dihydropyridines is 1. The quantitative estimate of drug-likeness (QED) is 0.625. The predicted octanol–water partition coefficient (Wildman–Crippen LogP) is 5.38. The summed E-state index contributed by atoms with van der Waals surface area (Å²) in [5.41, 5.74) is 14.7. The van der Waals surface area contributed by atoms with Crippen LogP contribution in [-0.2, 0) is 10.2 Å². The number of hydrogen-bond donors (Lipinski definition) is 2. The first-order valence-electron chi connectivity index (χ1n) is 11.9. The molecule has 1 spiro atoms. The first-order chi connectivity index (χ1) is 15.8. The van der Waals surface area contributed by atoms with Crippen LogP contribution in [0.4, 0.5) is 0 Å². The van der Waals surface area contributed by atoms with Gasteiger partial charge in [-0.25, -0.2) is 0 Å². The second kappa shape index (κ2) is 6.47. The number of hydrogen-bond acceptors (Lipinski definition) is 3. The number of nitrogens with two attached hydrogens (primary N) is 1. The molecule has 2 aromatic carbocycles. The fourth-order valence-electron chi connectivity index (χ4n) is 6.98. The summed E-state index contributed by atoms with van der Waals surface area (Å²) in [4.78, 5) is 0. The molecule has 33 heavy (non-hydrogen) atoms. The van der Waals surface area contributed by atoms with Gasteiger partial charge in [0, 0.05) is 18.3 Å². The van der Waals surface area contributed by atoms with E-state index in [4.69, 9.17) is 10.5 Å². The van der Waals surface area contributed by atoms with Crippen LogP contribution < -0.4 is 16.5 Å². The smallest absolute Gasteiger partial charge is 0.187 e. The molecule has 2 aromatic rings. The monoisotopic (exact) mass is 434 g/mol. The van der Waals surface area contributed by atoms with E-state index in [-0.39, 0.29) is 16.0 Å². The summed E-state index contributed by atoms with van der Waals surface area (Å²) in [7, 11) is 0. The lowest BCUT2D eigenvalue weighted by Gasteiger charge is -2.42. The van der Waals surface area contributed by atoms with E-state index in [0.717, 1.165) is 18.1 Å².